The number of carbonyl (C=O) groups is 1. The molecule has 2 aliphatic rings. The highest BCUT2D eigenvalue weighted by atomic mass is 35.5. The molecule has 11 heteroatoms. The van der Waals surface area contributed by atoms with Gasteiger partial charge in [-0.05, 0) is 76.1 Å². The Bertz CT molecular complexity index is 1350. The number of alkyl halides is 1. The molecule has 0 saturated carbocycles. The van der Waals surface area contributed by atoms with Crippen LogP contribution < -0.4 is 14.8 Å². The summed E-state index contributed by atoms with van der Waals surface area (Å²) in [6.07, 6.45) is 11.8. The third kappa shape index (κ3) is 10.7. The van der Waals surface area contributed by atoms with Crippen LogP contribution in [0.3, 0.4) is 0 Å². The van der Waals surface area contributed by atoms with E-state index in [9.17, 15) is 4.79 Å². The molecule has 2 aromatic heterocycles. The molecule has 0 radical (unpaired) electrons. The summed E-state index contributed by atoms with van der Waals surface area (Å²) < 4.78 is 14.6. The van der Waals surface area contributed by atoms with Gasteiger partial charge in [0, 0.05) is 20.5 Å². The number of likely N-dealkylation sites (tertiary alicyclic amines) is 1. The minimum atomic E-state index is -0.121. The first kappa shape index (κ1) is 36.3. The first-order valence-electron chi connectivity index (χ1n) is 14.7. The van der Waals surface area contributed by atoms with Gasteiger partial charge in [-0.15, -0.1) is 24.0 Å². The van der Waals surface area contributed by atoms with Crippen molar-refractivity contribution in [2.45, 2.75) is 52.9 Å². The highest BCUT2D eigenvalue weighted by molar-refractivity contribution is 6.18. The zero-order valence-electron chi connectivity index (χ0n) is 24.8. The lowest BCUT2D eigenvalue weighted by atomic mass is 10.1. The molecule has 6 rings (SSSR count). The van der Waals surface area contributed by atoms with Gasteiger partial charge in [0.25, 0.3) is 0 Å². The number of aryl methyl sites for hydroxylation is 1. The van der Waals surface area contributed by atoms with E-state index in [1.807, 2.05) is 48.3 Å². The molecule has 0 aliphatic carbocycles. The van der Waals surface area contributed by atoms with Gasteiger partial charge in [0.2, 0.25) is 5.91 Å². The summed E-state index contributed by atoms with van der Waals surface area (Å²) in [4.78, 5) is 13.8. The Morgan fingerprint density at radius 2 is 1.44 bits per heavy atom. The molecule has 2 aromatic carbocycles. The summed E-state index contributed by atoms with van der Waals surface area (Å²) >= 11 is 5.56. The second-order valence-corrected chi connectivity index (χ2v) is 10.7. The SMILES string of the molecule is C.C1CCNCC1.CC(=O)n1ncc2c(OCCCl)cccc21.Cl.Cn1ncc2c(OCCN3CCCCC3)cccc21. The van der Waals surface area contributed by atoms with Gasteiger partial charge in [-0.1, -0.05) is 32.4 Å². The van der Waals surface area contributed by atoms with Gasteiger partial charge in [0.15, 0.2) is 0 Å². The molecule has 43 heavy (non-hydrogen) atoms. The summed E-state index contributed by atoms with van der Waals surface area (Å²) in [7, 11) is 1.96. The second-order valence-electron chi connectivity index (χ2n) is 10.3. The van der Waals surface area contributed by atoms with Crippen molar-refractivity contribution < 1.29 is 14.3 Å². The number of fused-ring (bicyclic) bond motifs is 2. The van der Waals surface area contributed by atoms with Crippen LogP contribution >= 0.6 is 24.0 Å². The molecule has 1 N–H and O–H groups in total. The van der Waals surface area contributed by atoms with Crippen LogP contribution in [0, 0.1) is 0 Å². The zero-order chi connectivity index (χ0) is 28.9. The maximum absolute atomic E-state index is 11.3. The van der Waals surface area contributed by atoms with E-state index >= 15 is 0 Å². The Kier molecular flexibility index (Phi) is 16.4. The largest absolute Gasteiger partial charge is 0.492 e. The standard InChI is InChI=1S/C15H21N3O.C11H11ClN2O2.C5H11N.CH4.ClH/c1-17-14-6-5-7-15(13(14)12-16-17)19-11-10-18-8-3-2-4-9-18;1-8(15)14-10-3-2-4-11(16-6-5-12)9(10)7-13-14;1-2-4-6-5-3-1;;/h5-7,12H,2-4,8-11H2,1H3;2-4,7H,5-6H2,1H3;6H,1-5H2;1H4;1H. The number of nitrogens with one attached hydrogen (secondary N) is 1. The number of ether oxygens (including phenoxy) is 2. The number of hydrogen-bond donors (Lipinski definition) is 1. The minimum absolute atomic E-state index is 0. The Morgan fingerprint density at radius 3 is 2.02 bits per heavy atom. The first-order chi connectivity index (χ1) is 20.1. The van der Waals surface area contributed by atoms with E-state index in [4.69, 9.17) is 21.1 Å². The van der Waals surface area contributed by atoms with Gasteiger partial charge in [-0.25, -0.2) is 4.68 Å². The molecule has 2 aliphatic heterocycles. The number of hydrogen-bond acceptors (Lipinski definition) is 7. The average Bonchev–Trinajstić information content (AvgIpc) is 3.63. The predicted octanol–water partition coefficient (Wildman–Crippen LogP) is 6.57. The third-order valence-corrected chi connectivity index (χ3v) is 7.43. The molecule has 4 aromatic rings. The molecule has 238 valence electrons. The quantitative estimate of drug-likeness (QED) is 0.230. The maximum atomic E-state index is 11.3. The number of carbonyl (C=O) groups excluding carboxylic acids is 1. The fraction of sp³-hybridized carbons (Fsp3) is 0.531. The molecule has 0 spiro atoms. The van der Waals surface area contributed by atoms with Crippen molar-refractivity contribution in [3.63, 3.8) is 0 Å². The summed E-state index contributed by atoms with van der Waals surface area (Å²) in [5.41, 5.74) is 1.87. The van der Waals surface area contributed by atoms with E-state index in [2.05, 4.69) is 26.5 Å². The van der Waals surface area contributed by atoms with Crippen molar-refractivity contribution in [2.24, 2.45) is 7.05 Å². The highest BCUT2D eigenvalue weighted by Gasteiger charge is 2.11. The number of piperidine rings is 2. The van der Waals surface area contributed by atoms with Crippen LogP contribution in [0.1, 0.15) is 57.7 Å². The Morgan fingerprint density at radius 1 is 0.860 bits per heavy atom. The normalized spacial score (nSPS) is 14.8. The summed E-state index contributed by atoms with van der Waals surface area (Å²) in [6, 6.07) is 11.6. The van der Waals surface area contributed by atoms with Crippen molar-refractivity contribution in [2.75, 3.05) is 51.8 Å². The van der Waals surface area contributed by atoms with Gasteiger partial charge in [0.05, 0.1) is 40.1 Å². The molecule has 2 fully saturated rings. The molecule has 0 bridgehead atoms. The van der Waals surface area contributed by atoms with E-state index in [0.717, 1.165) is 40.7 Å². The second kappa shape index (κ2) is 19.4. The van der Waals surface area contributed by atoms with E-state index in [1.54, 1.807) is 6.20 Å². The fourth-order valence-corrected chi connectivity index (χ4v) is 5.17. The van der Waals surface area contributed by atoms with E-state index in [0.29, 0.717) is 18.2 Å². The first-order valence-corrected chi connectivity index (χ1v) is 15.2. The maximum Gasteiger partial charge on any atom is 0.244 e. The van der Waals surface area contributed by atoms with Crippen molar-refractivity contribution in [3.05, 3.63) is 48.8 Å². The lowest BCUT2D eigenvalue weighted by Gasteiger charge is -2.26. The number of nitrogens with zero attached hydrogens (tertiary/aromatic N) is 5. The van der Waals surface area contributed by atoms with Crippen molar-refractivity contribution in [1.82, 2.24) is 29.8 Å². The van der Waals surface area contributed by atoms with Crippen molar-refractivity contribution in [3.8, 4) is 11.5 Å². The topological polar surface area (TPSA) is 86.4 Å². The fourth-order valence-electron chi connectivity index (χ4n) is 5.10. The lowest BCUT2D eigenvalue weighted by Crippen LogP contribution is -2.33. The van der Waals surface area contributed by atoms with Crippen molar-refractivity contribution in [1.29, 1.82) is 0 Å². The molecular formula is C32H48Cl2N6O3. The van der Waals surface area contributed by atoms with Crippen LogP contribution in [0.25, 0.3) is 21.8 Å². The lowest BCUT2D eigenvalue weighted by molar-refractivity contribution is 0.0926. The smallest absolute Gasteiger partial charge is 0.244 e. The van der Waals surface area contributed by atoms with E-state index < -0.39 is 0 Å². The molecule has 9 nitrogen and oxygen atoms in total. The molecule has 2 saturated heterocycles. The zero-order valence-corrected chi connectivity index (χ0v) is 26.3. The Hall–Kier alpha value is -2.85. The monoisotopic (exact) mass is 634 g/mol. The van der Waals surface area contributed by atoms with Gasteiger partial charge < -0.3 is 14.8 Å². The average molecular weight is 636 g/mol. The summed E-state index contributed by atoms with van der Waals surface area (Å²) in [6.45, 7) is 8.64. The third-order valence-electron chi connectivity index (χ3n) is 7.28. The summed E-state index contributed by atoms with van der Waals surface area (Å²) in [5.74, 6) is 1.95. The molecule has 0 amide bonds. The van der Waals surface area contributed by atoms with Gasteiger partial charge in [-0.2, -0.15) is 10.2 Å². The van der Waals surface area contributed by atoms with Crippen LogP contribution in [0.15, 0.2) is 48.8 Å². The number of rotatable bonds is 7. The Labute approximate surface area is 267 Å². The van der Waals surface area contributed by atoms with Crippen LogP contribution in [-0.4, -0.2) is 82.2 Å². The number of halogens is 2. The van der Waals surface area contributed by atoms with E-state index in [1.165, 1.54) is 76.3 Å². The molecule has 0 atom stereocenters. The highest BCUT2D eigenvalue weighted by Crippen LogP contribution is 2.26. The van der Waals surface area contributed by atoms with Crippen LogP contribution in [0.4, 0.5) is 0 Å². The van der Waals surface area contributed by atoms with E-state index in [-0.39, 0.29) is 25.7 Å². The predicted molar refractivity (Wildman–Crippen MR) is 179 cm³/mol. The summed E-state index contributed by atoms with van der Waals surface area (Å²) in [5, 5.41) is 13.5. The van der Waals surface area contributed by atoms with Crippen LogP contribution in [0.2, 0.25) is 0 Å². The molecular weight excluding hydrogens is 587 g/mol. The van der Waals surface area contributed by atoms with Crippen LogP contribution in [-0.2, 0) is 7.05 Å². The molecule has 4 heterocycles. The van der Waals surface area contributed by atoms with Crippen molar-refractivity contribution >= 4 is 51.7 Å². The molecule has 0 unspecified atom stereocenters. The van der Waals surface area contributed by atoms with Gasteiger partial charge >= 0.3 is 0 Å². The van der Waals surface area contributed by atoms with Gasteiger partial charge in [0.1, 0.15) is 24.7 Å². The number of benzene rings is 2. The van der Waals surface area contributed by atoms with Gasteiger partial charge in [-0.3, -0.25) is 14.4 Å². The minimum Gasteiger partial charge on any atom is -0.492 e. The Balaban J connectivity index is 0.000000244. The number of aromatic nitrogens is 4. The van der Waals surface area contributed by atoms with Crippen LogP contribution in [0.5, 0.6) is 11.5 Å².